The molecule has 1 unspecified atom stereocenters. The molecule has 0 bridgehead atoms. The molecular formula is C23H33ClN2O. The molecule has 0 aliphatic heterocycles. The molecule has 0 aliphatic rings. The minimum absolute atomic E-state index is 0. The highest BCUT2D eigenvalue weighted by molar-refractivity contribution is 5.85. The Morgan fingerprint density at radius 1 is 0.926 bits per heavy atom. The number of rotatable bonds is 11. The van der Waals surface area contributed by atoms with Crippen molar-refractivity contribution in [2.24, 2.45) is 0 Å². The van der Waals surface area contributed by atoms with E-state index in [0.717, 1.165) is 24.9 Å². The van der Waals surface area contributed by atoms with Gasteiger partial charge >= 0.3 is 0 Å². The van der Waals surface area contributed by atoms with Crippen LogP contribution in [0.5, 0.6) is 0 Å². The number of unbranched alkanes of at least 4 members (excludes halogenated alkanes) is 3. The average molecular weight is 389 g/mol. The first-order valence-electron chi connectivity index (χ1n) is 9.75. The van der Waals surface area contributed by atoms with E-state index in [4.69, 9.17) is 0 Å². The molecule has 0 aromatic heterocycles. The summed E-state index contributed by atoms with van der Waals surface area (Å²) in [5, 5.41) is 6.53. The van der Waals surface area contributed by atoms with Crippen molar-refractivity contribution in [1.29, 1.82) is 0 Å². The third kappa shape index (κ3) is 8.15. The minimum Gasteiger partial charge on any atom is -0.345 e. The lowest BCUT2D eigenvalue weighted by Crippen LogP contribution is -2.48. The van der Waals surface area contributed by atoms with Crippen molar-refractivity contribution in [3.05, 3.63) is 71.8 Å². The second-order valence-electron chi connectivity index (χ2n) is 7.15. The Hall–Kier alpha value is -1.84. The molecule has 3 nitrogen and oxygen atoms in total. The molecule has 148 valence electrons. The van der Waals surface area contributed by atoms with Gasteiger partial charge < -0.3 is 10.6 Å². The highest BCUT2D eigenvalue weighted by atomic mass is 35.5. The number of benzene rings is 2. The van der Waals surface area contributed by atoms with E-state index in [9.17, 15) is 4.79 Å². The van der Waals surface area contributed by atoms with E-state index in [-0.39, 0.29) is 18.3 Å². The molecular weight excluding hydrogens is 356 g/mol. The largest absolute Gasteiger partial charge is 0.345 e. The van der Waals surface area contributed by atoms with E-state index < -0.39 is 5.54 Å². The molecule has 27 heavy (non-hydrogen) atoms. The fourth-order valence-corrected chi connectivity index (χ4v) is 3.26. The van der Waals surface area contributed by atoms with Crippen molar-refractivity contribution < 1.29 is 4.79 Å². The number of hydrogen-bond donors (Lipinski definition) is 2. The van der Waals surface area contributed by atoms with Gasteiger partial charge in [-0.25, -0.2) is 0 Å². The number of carbonyl (C=O) groups is 1. The van der Waals surface area contributed by atoms with Crippen LogP contribution in [0.4, 0.5) is 0 Å². The van der Waals surface area contributed by atoms with Crippen LogP contribution < -0.4 is 10.6 Å². The Morgan fingerprint density at radius 3 is 2.19 bits per heavy atom. The van der Waals surface area contributed by atoms with Crippen LogP contribution in [0.15, 0.2) is 60.7 Å². The lowest BCUT2D eigenvalue weighted by molar-refractivity contribution is -0.122. The Balaban J connectivity index is 0.00000364. The van der Waals surface area contributed by atoms with Crippen molar-refractivity contribution in [1.82, 2.24) is 10.6 Å². The number of halogens is 1. The molecule has 1 atom stereocenters. The van der Waals surface area contributed by atoms with Gasteiger partial charge in [0.15, 0.2) is 0 Å². The molecule has 0 radical (unpaired) electrons. The van der Waals surface area contributed by atoms with Gasteiger partial charge in [-0.05, 0) is 37.4 Å². The number of amides is 1. The lowest BCUT2D eigenvalue weighted by atomic mass is 9.85. The summed E-state index contributed by atoms with van der Waals surface area (Å²) < 4.78 is 0. The summed E-state index contributed by atoms with van der Waals surface area (Å²) in [6.45, 7) is 5.57. The van der Waals surface area contributed by atoms with Crippen LogP contribution in [0.2, 0.25) is 0 Å². The van der Waals surface area contributed by atoms with Gasteiger partial charge in [0.1, 0.15) is 0 Å². The van der Waals surface area contributed by atoms with Gasteiger partial charge in [-0.1, -0.05) is 86.8 Å². The van der Waals surface area contributed by atoms with E-state index in [1.807, 2.05) is 36.4 Å². The highest BCUT2D eigenvalue weighted by Crippen LogP contribution is 2.25. The van der Waals surface area contributed by atoms with Crippen LogP contribution >= 0.6 is 12.4 Å². The van der Waals surface area contributed by atoms with Crippen LogP contribution in [-0.4, -0.2) is 19.0 Å². The van der Waals surface area contributed by atoms with E-state index in [2.05, 4.69) is 48.7 Å². The predicted octanol–water partition coefficient (Wildman–Crippen LogP) is 4.85. The molecule has 0 aliphatic carbocycles. The maximum atomic E-state index is 12.5. The smallest absolute Gasteiger partial charge is 0.234 e. The third-order valence-electron chi connectivity index (χ3n) is 4.72. The molecule has 2 N–H and O–H groups in total. The Kier molecular flexibility index (Phi) is 10.8. The maximum Gasteiger partial charge on any atom is 0.234 e. The summed E-state index contributed by atoms with van der Waals surface area (Å²) >= 11 is 0. The zero-order valence-corrected chi connectivity index (χ0v) is 17.4. The molecule has 0 heterocycles. The van der Waals surface area contributed by atoms with E-state index >= 15 is 0 Å². The van der Waals surface area contributed by atoms with Crippen LogP contribution in [0.1, 0.15) is 50.7 Å². The van der Waals surface area contributed by atoms with Gasteiger partial charge in [0.25, 0.3) is 0 Å². The van der Waals surface area contributed by atoms with E-state index in [1.165, 1.54) is 24.8 Å². The molecule has 2 rings (SSSR count). The van der Waals surface area contributed by atoms with Crippen LogP contribution in [-0.2, 0) is 16.8 Å². The molecule has 0 saturated heterocycles. The zero-order valence-electron chi connectivity index (χ0n) is 16.5. The van der Waals surface area contributed by atoms with Gasteiger partial charge in [-0.15, -0.1) is 12.4 Å². The van der Waals surface area contributed by atoms with Gasteiger partial charge in [0.2, 0.25) is 5.91 Å². The van der Waals surface area contributed by atoms with Crippen molar-refractivity contribution in [3.8, 4) is 0 Å². The lowest BCUT2D eigenvalue weighted by Gasteiger charge is -2.32. The van der Waals surface area contributed by atoms with Gasteiger partial charge in [-0.3, -0.25) is 4.79 Å². The second-order valence-corrected chi connectivity index (χ2v) is 7.15. The summed E-state index contributed by atoms with van der Waals surface area (Å²) in [4.78, 5) is 12.5. The minimum atomic E-state index is -0.427. The highest BCUT2D eigenvalue weighted by Gasteiger charge is 2.28. The molecule has 1 amide bonds. The molecule has 0 saturated carbocycles. The monoisotopic (exact) mass is 388 g/mol. The Morgan fingerprint density at radius 2 is 1.56 bits per heavy atom. The zero-order chi connectivity index (χ0) is 18.7. The van der Waals surface area contributed by atoms with Crippen molar-refractivity contribution in [2.75, 3.05) is 13.1 Å². The molecule has 4 heteroatoms. The maximum absolute atomic E-state index is 12.5. The quantitative estimate of drug-likeness (QED) is 0.540. The summed E-state index contributed by atoms with van der Waals surface area (Å²) in [5.74, 6) is 0.0442. The fraction of sp³-hybridized carbons (Fsp3) is 0.435. The van der Waals surface area contributed by atoms with Gasteiger partial charge in [0.05, 0.1) is 12.1 Å². The van der Waals surface area contributed by atoms with Crippen LogP contribution in [0, 0.1) is 0 Å². The Labute approximate surface area is 170 Å². The van der Waals surface area contributed by atoms with Gasteiger partial charge in [-0.2, -0.15) is 0 Å². The summed E-state index contributed by atoms with van der Waals surface area (Å²) in [6.07, 6.45) is 5.61. The third-order valence-corrected chi connectivity index (χ3v) is 4.72. The Bertz CT molecular complexity index is 648. The number of nitrogens with one attached hydrogen (secondary N) is 2. The van der Waals surface area contributed by atoms with Crippen LogP contribution in [0.3, 0.4) is 0 Å². The van der Waals surface area contributed by atoms with E-state index in [1.54, 1.807) is 0 Å². The van der Waals surface area contributed by atoms with Crippen LogP contribution in [0.25, 0.3) is 0 Å². The number of hydrogen-bond acceptors (Lipinski definition) is 2. The number of carbonyl (C=O) groups excluding carboxylic acids is 1. The second kappa shape index (κ2) is 12.5. The van der Waals surface area contributed by atoms with Crippen molar-refractivity contribution >= 4 is 18.3 Å². The normalized spacial score (nSPS) is 12.7. The first-order chi connectivity index (χ1) is 12.6. The SMILES string of the molecule is CCCCCCNCC(=O)NC(C)(Cc1ccccc1)c1ccccc1.Cl. The average Bonchev–Trinajstić information content (AvgIpc) is 2.66. The molecule has 0 fully saturated rings. The summed E-state index contributed by atoms with van der Waals surface area (Å²) in [6, 6.07) is 20.5. The van der Waals surface area contributed by atoms with Gasteiger partial charge in [0, 0.05) is 0 Å². The van der Waals surface area contributed by atoms with Crippen molar-refractivity contribution in [3.63, 3.8) is 0 Å². The van der Waals surface area contributed by atoms with Crippen molar-refractivity contribution in [2.45, 2.75) is 51.5 Å². The van der Waals surface area contributed by atoms with E-state index in [0.29, 0.717) is 6.54 Å². The molecule has 2 aromatic carbocycles. The first kappa shape index (κ1) is 23.2. The summed E-state index contributed by atoms with van der Waals surface area (Å²) in [5.41, 5.74) is 1.91. The standard InChI is InChI=1S/C23H32N2O.ClH/c1-3-4-5-12-17-24-19-22(26)25-23(2,21-15-10-7-11-16-21)18-20-13-8-6-9-14-20;/h6-11,13-16,24H,3-5,12,17-19H2,1-2H3,(H,25,26);1H. The predicted molar refractivity (Wildman–Crippen MR) is 116 cm³/mol. The summed E-state index contributed by atoms with van der Waals surface area (Å²) in [7, 11) is 0. The topological polar surface area (TPSA) is 41.1 Å². The first-order valence-corrected chi connectivity index (χ1v) is 9.75. The molecule has 2 aromatic rings. The molecule has 0 spiro atoms. The fourth-order valence-electron chi connectivity index (χ4n) is 3.26.